The number of hydrogen-bond acceptors (Lipinski definition) is 5. The topological polar surface area (TPSA) is 83.5 Å². The Morgan fingerprint density at radius 1 is 1.07 bits per heavy atom. The van der Waals surface area contributed by atoms with Gasteiger partial charge in [0, 0.05) is 30.1 Å². The van der Waals surface area contributed by atoms with E-state index in [1.54, 1.807) is 6.07 Å². The van der Waals surface area contributed by atoms with Gasteiger partial charge in [-0.25, -0.2) is 8.42 Å². The number of thiophene rings is 1. The third-order valence-electron chi connectivity index (χ3n) is 4.48. The first-order chi connectivity index (χ1) is 12.9. The van der Waals surface area contributed by atoms with E-state index in [2.05, 4.69) is 5.32 Å². The van der Waals surface area contributed by atoms with Gasteiger partial charge in [-0.15, -0.1) is 11.3 Å². The van der Waals surface area contributed by atoms with Crippen molar-refractivity contribution in [2.45, 2.75) is 31.1 Å². The van der Waals surface area contributed by atoms with Crippen LogP contribution in [0, 0.1) is 0 Å². The zero-order valence-electron chi connectivity index (χ0n) is 15.1. The Labute approximate surface area is 163 Å². The van der Waals surface area contributed by atoms with E-state index < -0.39 is 10.0 Å². The van der Waals surface area contributed by atoms with Gasteiger partial charge in [0.25, 0.3) is 5.91 Å². The average molecular weight is 407 g/mol. The van der Waals surface area contributed by atoms with Gasteiger partial charge in [-0.2, -0.15) is 4.31 Å². The molecule has 144 valence electrons. The van der Waals surface area contributed by atoms with E-state index in [9.17, 15) is 18.0 Å². The van der Waals surface area contributed by atoms with Crippen molar-refractivity contribution in [1.82, 2.24) is 9.62 Å². The molecule has 27 heavy (non-hydrogen) atoms. The van der Waals surface area contributed by atoms with Crippen molar-refractivity contribution in [2.75, 3.05) is 19.6 Å². The summed E-state index contributed by atoms with van der Waals surface area (Å²) in [4.78, 5) is 25.5. The van der Waals surface area contributed by atoms with Crippen molar-refractivity contribution >= 4 is 33.1 Å². The van der Waals surface area contributed by atoms with Crippen molar-refractivity contribution in [3.05, 3.63) is 51.7 Å². The maximum atomic E-state index is 12.5. The molecule has 2 heterocycles. The van der Waals surface area contributed by atoms with Crippen LogP contribution in [0.25, 0.3) is 0 Å². The summed E-state index contributed by atoms with van der Waals surface area (Å²) in [6.07, 6.45) is 2.42. The SMILES string of the molecule is CC(=O)c1ccc(CCNC(=O)c2ccc(S(=O)(=O)N3CCCC3)cc2)s1. The first-order valence-electron chi connectivity index (χ1n) is 8.86. The number of amides is 1. The van der Waals surface area contributed by atoms with Crippen LogP contribution in [0.15, 0.2) is 41.3 Å². The van der Waals surface area contributed by atoms with Crippen LogP contribution in [0.3, 0.4) is 0 Å². The van der Waals surface area contributed by atoms with E-state index in [4.69, 9.17) is 0 Å². The summed E-state index contributed by atoms with van der Waals surface area (Å²) < 4.78 is 26.5. The Kier molecular flexibility index (Phi) is 6.08. The molecule has 0 aliphatic carbocycles. The van der Waals surface area contributed by atoms with Crippen LogP contribution >= 0.6 is 11.3 Å². The summed E-state index contributed by atoms with van der Waals surface area (Å²) in [6.45, 7) is 3.09. The predicted octanol–water partition coefficient (Wildman–Crippen LogP) is 2.71. The number of nitrogens with one attached hydrogen (secondary N) is 1. The van der Waals surface area contributed by atoms with Gasteiger partial charge in [0.05, 0.1) is 9.77 Å². The molecule has 1 amide bonds. The Bertz CT molecular complexity index is 927. The minimum atomic E-state index is -3.46. The molecule has 3 rings (SSSR count). The molecular weight excluding hydrogens is 384 g/mol. The number of carbonyl (C=O) groups excluding carboxylic acids is 2. The normalized spacial score (nSPS) is 15.0. The summed E-state index contributed by atoms with van der Waals surface area (Å²) >= 11 is 1.43. The minimum absolute atomic E-state index is 0.0410. The highest BCUT2D eigenvalue weighted by atomic mass is 32.2. The fourth-order valence-corrected chi connectivity index (χ4v) is 5.38. The maximum Gasteiger partial charge on any atom is 0.251 e. The molecular formula is C19H22N2O4S2. The van der Waals surface area contributed by atoms with Gasteiger partial charge >= 0.3 is 0 Å². The van der Waals surface area contributed by atoms with E-state index in [-0.39, 0.29) is 16.6 Å². The van der Waals surface area contributed by atoms with Crippen molar-refractivity contribution in [3.8, 4) is 0 Å². The molecule has 1 aromatic carbocycles. The second kappa shape index (κ2) is 8.33. The Hall–Kier alpha value is -2.03. The lowest BCUT2D eigenvalue weighted by molar-refractivity contribution is 0.0953. The smallest absolute Gasteiger partial charge is 0.251 e. The molecule has 8 heteroatoms. The number of benzene rings is 1. The Morgan fingerprint density at radius 3 is 2.33 bits per heavy atom. The third kappa shape index (κ3) is 4.63. The van der Waals surface area contributed by atoms with E-state index in [0.717, 1.165) is 17.7 Å². The van der Waals surface area contributed by atoms with Crippen molar-refractivity contribution < 1.29 is 18.0 Å². The van der Waals surface area contributed by atoms with Gasteiger partial charge in [-0.3, -0.25) is 9.59 Å². The molecule has 0 radical (unpaired) electrons. The molecule has 2 aromatic rings. The molecule has 1 N–H and O–H groups in total. The Balaban J connectivity index is 1.56. The first kappa shape index (κ1) is 19.7. The number of nitrogens with zero attached hydrogens (tertiary/aromatic N) is 1. The molecule has 1 aromatic heterocycles. The largest absolute Gasteiger partial charge is 0.352 e. The zero-order chi connectivity index (χ0) is 19.4. The zero-order valence-corrected chi connectivity index (χ0v) is 16.7. The monoisotopic (exact) mass is 406 g/mol. The van der Waals surface area contributed by atoms with E-state index in [1.165, 1.54) is 46.8 Å². The Morgan fingerprint density at radius 2 is 1.74 bits per heavy atom. The fourth-order valence-electron chi connectivity index (χ4n) is 2.96. The van der Waals surface area contributed by atoms with Gasteiger partial charge in [-0.05, 0) is 62.6 Å². The molecule has 1 aliphatic heterocycles. The van der Waals surface area contributed by atoms with Crippen LogP contribution < -0.4 is 5.32 Å². The molecule has 0 unspecified atom stereocenters. The second-order valence-electron chi connectivity index (χ2n) is 6.46. The number of sulfonamides is 1. The quantitative estimate of drug-likeness (QED) is 0.717. The summed E-state index contributed by atoms with van der Waals surface area (Å²) in [5.74, 6) is -0.206. The molecule has 1 saturated heterocycles. The number of carbonyl (C=O) groups is 2. The molecule has 0 bridgehead atoms. The summed E-state index contributed by atoms with van der Waals surface area (Å²) in [5, 5.41) is 2.82. The molecule has 6 nitrogen and oxygen atoms in total. The van der Waals surface area contributed by atoms with Gasteiger partial charge in [0.1, 0.15) is 0 Å². The standard InChI is InChI=1S/C19H22N2O4S2/c1-14(22)18-9-6-16(26-18)10-11-20-19(23)15-4-7-17(8-5-15)27(24,25)21-12-2-3-13-21/h4-9H,2-3,10-13H2,1H3,(H,20,23). The van der Waals surface area contributed by atoms with Gasteiger partial charge in [-0.1, -0.05) is 0 Å². The number of hydrogen-bond donors (Lipinski definition) is 1. The molecule has 0 spiro atoms. The van der Waals surface area contributed by atoms with E-state index >= 15 is 0 Å². The van der Waals surface area contributed by atoms with Crippen LogP contribution in [-0.2, 0) is 16.4 Å². The van der Waals surface area contributed by atoms with Gasteiger partial charge in [0.2, 0.25) is 10.0 Å². The van der Waals surface area contributed by atoms with Crippen molar-refractivity contribution in [1.29, 1.82) is 0 Å². The lowest BCUT2D eigenvalue weighted by Crippen LogP contribution is -2.28. The third-order valence-corrected chi connectivity index (χ3v) is 7.64. The van der Waals surface area contributed by atoms with Crippen molar-refractivity contribution in [2.24, 2.45) is 0 Å². The van der Waals surface area contributed by atoms with Crippen LogP contribution in [0.4, 0.5) is 0 Å². The average Bonchev–Trinajstić information content (AvgIpc) is 3.34. The summed E-state index contributed by atoms with van der Waals surface area (Å²) in [7, 11) is -3.46. The number of rotatable bonds is 7. The number of ketones is 1. The lowest BCUT2D eigenvalue weighted by Gasteiger charge is -2.15. The highest BCUT2D eigenvalue weighted by molar-refractivity contribution is 7.89. The van der Waals surface area contributed by atoms with Crippen LogP contribution in [0.1, 0.15) is 44.7 Å². The lowest BCUT2D eigenvalue weighted by atomic mass is 10.2. The summed E-state index contributed by atoms with van der Waals surface area (Å²) in [6, 6.07) is 9.74. The minimum Gasteiger partial charge on any atom is -0.352 e. The highest BCUT2D eigenvalue weighted by Gasteiger charge is 2.27. The van der Waals surface area contributed by atoms with Gasteiger partial charge in [0.15, 0.2) is 5.78 Å². The van der Waals surface area contributed by atoms with Crippen LogP contribution in [0.5, 0.6) is 0 Å². The molecule has 1 fully saturated rings. The van der Waals surface area contributed by atoms with E-state index in [1.807, 2.05) is 6.07 Å². The fraction of sp³-hybridized carbons (Fsp3) is 0.368. The van der Waals surface area contributed by atoms with Crippen LogP contribution in [-0.4, -0.2) is 44.0 Å². The van der Waals surface area contributed by atoms with Gasteiger partial charge < -0.3 is 5.32 Å². The van der Waals surface area contributed by atoms with Crippen LogP contribution in [0.2, 0.25) is 0 Å². The molecule has 0 saturated carbocycles. The van der Waals surface area contributed by atoms with E-state index in [0.29, 0.717) is 36.5 Å². The second-order valence-corrected chi connectivity index (χ2v) is 9.57. The summed E-state index contributed by atoms with van der Waals surface area (Å²) in [5.41, 5.74) is 0.422. The highest BCUT2D eigenvalue weighted by Crippen LogP contribution is 2.21. The van der Waals surface area contributed by atoms with Crippen molar-refractivity contribution in [3.63, 3.8) is 0 Å². The molecule has 0 atom stereocenters. The number of Topliss-reactive ketones (excluding diaryl/α,β-unsaturated/α-hetero) is 1. The maximum absolute atomic E-state index is 12.5. The molecule has 1 aliphatic rings. The first-order valence-corrected chi connectivity index (χ1v) is 11.1. The predicted molar refractivity (Wildman–Crippen MR) is 105 cm³/mol.